The van der Waals surface area contributed by atoms with Gasteiger partial charge < -0.3 is 9.47 Å². The number of amides is 1. The van der Waals surface area contributed by atoms with Gasteiger partial charge in [-0.2, -0.15) is 0 Å². The van der Waals surface area contributed by atoms with E-state index in [1.54, 1.807) is 16.8 Å². The van der Waals surface area contributed by atoms with Gasteiger partial charge in [0.15, 0.2) is 0 Å². The third-order valence-electron chi connectivity index (χ3n) is 6.07. The van der Waals surface area contributed by atoms with Crippen LogP contribution in [0.1, 0.15) is 66.7 Å². The molecule has 2 aromatic rings. The summed E-state index contributed by atoms with van der Waals surface area (Å²) in [6.45, 7) is 3.44. The summed E-state index contributed by atoms with van der Waals surface area (Å²) in [4.78, 5) is 20.2. The quantitative estimate of drug-likeness (QED) is 0.704. The summed E-state index contributed by atoms with van der Waals surface area (Å²) < 4.78 is 30.6. The largest absolute Gasteiger partial charge is 0.347 e. The van der Waals surface area contributed by atoms with Gasteiger partial charge in [-0.3, -0.25) is 4.79 Å². The van der Waals surface area contributed by atoms with E-state index in [0.717, 1.165) is 51.6 Å². The predicted molar refractivity (Wildman–Crippen MR) is 118 cm³/mol. The van der Waals surface area contributed by atoms with E-state index < -0.39 is 10.0 Å². The van der Waals surface area contributed by atoms with Crippen molar-refractivity contribution in [2.45, 2.75) is 69.2 Å². The van der Waals surface area contributed by atoms with Crippen molar-refractivity contribution in [1.29, 1.82) is 0 Å². The number of thiazole rings is 1. The van der Waals surface area contributed by atoms with Crippen molar-refractivity contribution in [3.63, 3.8) is 0 Å². The number of carbonyl (C=O) groups excluding carboxylic acids is 1. The smallest absolute Gasteiger partial charge is 0.265 e. The van der Waals surface area contributed by atoms with E-state index in [4.69, 9.17) is 0 Å². The molecule has 0 atom stereocenters. The van der Waals surface area contributed by atoms with Crippen molar-refractivity contribution in [3.8, 4) is 10.7 Å². The third-order valence-corrected chi connectivity index (χ3v) is 8.73. The van der Waals surface area contributed by atoms with Crippen molar-refractivity contribution in [2.24, 2.45) is 7.05 Å². The molecule has 0 bridgehead atoms. The Kier molecular flexibility index (Phi) is 6.31. The van der Waals surface area contributed by atoms with E-state index in [-0.39, 0.29) is 16.8 Å². The van der Waals surface area contributed by atoms with Crippen molar-refractivity contribution in [2.75, 3.05) is 13.1 Å². The number of carbonyl (C=O) groups is 1. The molecule has 1 saturated heterocycles. The first kappa shape index (κ1) is 21.5. The molecule has 1 N–H and O–H groups in total. The molecule has 0 spiro atoms. The number of aromatic nitrogens is 2. The Bertz CT molecular complexity index is 1010. The van der Waals surface area contributed by atoms with Crippen LogP contribution in [0.4, 0.5) is 0 Å². The number of hydrogen-bond donors (Lipinski definition) is 1. The third kappa shape index (κ3) is 4.48. The summed E-state index contributed by atoms with van der Waals surface area (Å²) in [7, 11) is -1.77. The highest BCUT2D eigenvalue weighted by Gasteiger charge is 2.27. The first-order valence-corrected chi connectivity index (χ1v) is 13.1. The fourth-order valence-electron chi connectivity index (χ4n) is 4.35. The van der Waals surface area contributed by atoms with Crippen LogP contribution in [0.25, 0.3) is 10.7 Å². The van der Waals surface area contributed by atoms with Gasteiger partial charge in [-0.05, 0) is 38.7 Å². The number of likely N-dealkylation sites (tertiary alicyclic amines) is 1. The number of hydrogen-bond acceptors (Lipinski definition) is 5. The topological polar surface area (TPSA) is 84.3 Å². The monoisotopic (exact) mass is 450 g/mol. The lowest BCUT2D eigenvalue weighted by atomic mass is 10.1. The summed E-state index contributed by atoms with van der Waals surface area (Å²) in [5.41, 5.74) is 1.42. The fourth-order valence-corrected chi connectivity index (χ4v) is 6.81. The van der Waals surface area contributed by atoms with Gasteiger partial charge in [0.05, 0.1) is 11.4 Å². The van der Waals surface area contributed by atoms with Gasteiger partial charge in [-0.15, -0.1) is 11.3 Å². The van der Waals surface area contributed by atoms with Crippen LogP contribution in [0.3, 0.4) is 0 Å². The molecule has 164 valence electrons. The summed E-state index contributed by atoms with van der Waals surface area (Å²) in [5, 5.41) is 0.675. The Hall–Kier alpha value is -1.71. The van der Waals surface area contributed by atoms with Crippen molar-refractivity contribution >= 4 is 27.3 Å². The molecule has 1 aliphatic heterocycles. The van der Waals surface area contributed by atoms with E-state index in [2.05, 4.69) is 9.71 Å². The van der Waals surface area contributed by atoms with Gasteiger partial charge in [0.2, 0.25) is 10.0 Å². The van der Waals surface area contributed by atoms with E-state index in [0.29, 0.717) is 21.3 Å². The molecule has 0 unspecified atom stereocenters. The number of rotatable bonds is 5. The molecule has 2 fully saturated rings. The standard InChI is InChI=1S/C21H30N4O3S2/c1-15-19(21(26)25-11-7-8-12-25)29-20(22-15)18-13-17(14-24(18)2)30(27,28)23-16-9-5-3-4-6-10-16/h13-14,16,23H,3-12H2,1-2H3. The molecule has 3 heterocycles. The fraction of sp³-hybridized carbons (Fsp3) is 0.619. The number of sulfonamides is 1. The zero-order chi connectivity index (χ0) is 21.3. The maximum absolute atomic E-state index is 13.0. The van der Waals surface area contributed by atoms with Crippen LogP contribution >= 0.6 is 11.3 Å². The predicted octanol–water partition coefficient (Wildman–Crippen LogP) is 3.69. The zero-order valence-corrected chi connectivity index (χ0v) is 19.3. The maximum atomic E-state index is 13.0. The molecule has 30 heavy (non-hydrogen) atoms. The Morgan fingerprint density at radius 1 is 1.13 bits per heavy atom. The second-order valence-corrected chi connectivity index (χ2v) is 11.1. The summed E-state index contributed by atoms with van der Waals surface area (Å²) >= 11 is 1.35. The van der Waals surface area contributed by atoms with Crippen LogP contribution < -0.4 is 4.72 Å². The minimum absolute atomic E-state index is 0.00736. The molecule has 1 saturated carbocycles. The van der Waals surface area contributed by atoms with E-state index in [1.165, 1.54) is 24.2 Å². The number of aryl methyl sites for hydroxylation is 2. The Balaban J connectivity index is 1.56. The van der Waals surface area contributed by atoms with E-state index >= 15 is 0 Å². The molecule has 1 amide bonds. The van der Waals surface area contributed by atoms with Crippen LogP contribution in [0.15, 0.2) is 17.2 Å². The van der Waals surface area contributed by atoms with Crippen molar-refractivity contribution < 1.29 is 13.2 Å². The van der Waals surface area contributed by atoms with Crippen LogP contribution in [-0.2, 0) is 17.1 Å². The second kappa shape index (κ2) is 8.80. The average Bonchev–Trinajstić information content (AvgIpc) is 3.40. The van der Waals surface area contributed by atoms with Crippen molar-refractivity contribution in [3.05, 3.63) is 22.8 Å². The Labute approximate surface area is 182 Å². The van der Waals surface area contributed by atoms with Crippen molar-refractivity contribution in [1.82, 2.24) is 19.2 Å². The van der Waals surface area contributed by atoms with Crippen LogP contribution in [0.2, 0.25) is 0 Å². The Morgan fingerprint density at radius 3 is 2.47 bits per heavy atom. The molecular weight excluding hydrogens is 420 g/mol. The van der Waals surface area contributed by atoms with Gasteiger partial charge in [0, 0.05) is 32.4 Å². The first-order valence-electron chi connectivity index (χ1n) is 10.8. The lowest BCUT2D eigenvalue weighted by molar-refractivity contribution is 0.0796. The average molecular weight is 451 g/mol. The van der Waals surface area contributed by atoms with Gasteiger partial charge in [0.25, 0.3) is 5.91 Å². The minimum atomic E-state index is -3.59. The molecule has 0 aromatic carbocycles. The summed E-state index contributed by atoms with van der Waals surface area (Å²) in [5.74, 6) is 0.0332. The lowest BCUT2D eigenvalue weighted by Gasteiger charge is -2.15. The second-order valence-electron chi connectivity index (χ2n) is 8.41. The SMILES string of the molecule is Cc1nc(-c2cc(S(=O)(=O)NC3CCCCCC3)cn2C)sc1C(=O)N1CCCC1. The minimum Gasteiger partial charge on any atom is -0.347 e. The summed E-state index contributed by atoms with van der Waals surface area (Å²) in [6, 6.07) is 1.68. The molecule has 7 nitrogen and oxygen atoms in total. The van der Waals surface area contributed by atoms with Gasteiger partial charge in [-0.1, -0.05) is 25.7 Å². The molecule has 0 radical (unpaired) electrons. The van der Waals surface area contributed by atoms with Crippen LogP contribution in [-0.4, -0.2) is 47.9 Å². The van der Waals surface area contributed by atoms with Crippen LogP contribution in [0, 0.1) is 6.92 Å². The molecule has 2 aliphatic rings. The Morgan fingerprint density at radius 2 is 1.80 bits per heavy atom. The first-order chi connectivity index (χ1) is 14.3. The number of nitrogens with zero attached hydrogens (tertiary/aromatic N) is 3. The van der Waals surface area contributed by atoms with Crippen LogP contribution in [0.5, 0.6) is 0 Å². The molecule has 1 aliphatic carbocycles. The maximum Gasteiger partial charge on any atom is 0.265 e. The summed E-state index contributed by atoms with van der Waals surface area (Å²) in [6.07, 6.45) is 10.0. The highest BCUT2D eigenvalue weighted by molar-refractivity contribution is 7.89. The van der Waals surface area contributed by atoms with Gasteiger partial charge in [-0.25, -0.2) is 18.1 Å². The van der Waals surface area contributed by atoms with E-state index in [9.17, 15) is 13.2 Å². The molecule has 9 heteroatoms. The highest BCUT2D eigenvalue weighted by atomic mass is 32.2. The molecule has 4 rings (SSSR count). The van der Waals surface area contributed by atoms with Gasteiger partial charge >= 0.3 is 0 Å². The molecule has 2 aromatic heterocycles. The van der Waals surface area contributed by atoms with Gasteiger partial charge in [0.1, 0.15) is 14.8 Å². The molecular formula is C21H30N4O3S2. The van der Waals surface area contributed by atoms with E-state index in [1.807, 2.05) is 18.9 Å². The normalized spacial score (nSPS) is 18.7. The lowest BCUT2D eigenvalue weighted by Crippen LogP contribution is -2.34. The highest BCUT2D eigenvalue weighted by Crippen LogP contribution is 2.32. The zero-order valence-electron chi connectivity index (χ0n) is 17.7. The number of nitrogens with one attached hydrogen (secondary N) is 1.